The van der Waals surface area contributed by atoms with Crippen LogP contribution in [0.5, 0.6) is 5.75 Å². The van der Waals surface area contributed by atoms with E-state index >= 15 is 0 Å². The van der Waals surface area contributed by atoms with Crippen LogP contribution in [0.4, 0.5) is 0 Å². The Kier molecular flexibility index (Phi) is 3.47. The maximum atomic E-state index is 5.24. The van der Waals surface area contributed by atoms with Crippen molar-refractivity contribution in [1.29, 1.82) is 0 Å². The molecule has 0 saturated heterocycles. The molecule has 0 bridgehead atoms. The van der Waals surface area contributed by atoms with Crippen LogP contribution in [-0.2, 0) is 6.42 Å². The van der Waals surface area contributed by atoms with Crippen molar-refractivity contribution in [2.24, 2.45) is 0 Å². The zero-order valence-corrected chi connectivity index (χ0v) is 9.84. The van der Waals surface area contributed by atoms with Gasteiger partial charge in [-0.15, -0.1) is 0 Å². The number of aromatic amines is 1. The summed E-state index contributed by atoms with van der Waals surface area (Å²) in [5, 5.41) is 4.60. The molecule has 2 rings (SSSR count). The van der Waals surface area contributed by atoms with Crippen molar-refractivity contribution >= 4 is 10.9 Å². The fraction of sp³-hybridized carbons (Fsp3) is 0.385. The number of likely N-dealkylation sites (N-methyl/N-ethyl adjacent to an activating group) is 1. The SMILES string of the molecule is CCNCCc1c[nH]c2ccc(OC)cc12. The Balaban J connectivity index is 2.24. The topological polar surface area (TPSA) is 37.0 Å². The lowest BCUT2D eigenvalue weighted by Crippen LogP contribution is -2.15. The van der Waals surface area contributed by atoms with E-state index in [0.29, 0.717) is 0 Å². The van der Waals surface area contributed by atoms with Gasteiger partial charge in [-0.1, -0.05) is 6.92 Å². The van der Waals surface area contributed by atoms with Crippen LogP contribution in [0, 0.1) is 0 Å². The minimum atomic E-state index is 0.914. The van der Waals surface area contributed by atoms with Crippen molar-refractivity contribution in [3.8, 4) is 5.75 Å². The highest BCUT2D eigenvalue weighted by molar-refractivity contribution is 5.84. The molecular weight excluding hydrogens is 200 g/mol. The second-order valence-electron chi connectivity index (χ2n) is 3.83. The van der Waals surface area contributed by atoms with Crippen molar-refractivity contribution in [3.63, 3.8) is 0 Å². The molecule has 3 heteroatoms. The predicted octanol–water partition coefficient (Wildman–Crippen LogP) is 2.33. The second kappa shape index (κ2) is 5.03. The number of hydrogen-bond acceptors (Lipinski definition) is 2. The number of rotatable bonds is 5. The lowest BCUT2D eigenvalue weighted by Gasteiger charge is -2.02. The summed E-state index contributed by atoms with van der Waals surface area (Å²) in [5.41, 5.74) is 2.52. The number of aromatic nitrogens is 1. The number of H-pyrrole nitrogens is 1. The molecule has 0 fully saturated rings. The van der Waals surface area contributed by atoms with E-state index in [1.54, 1.807) is 7.11 Å². The number of benzene rings is 1. The van der Waals surface area contributed by atoms with Gasteiger partial charge in [0.2, 0.25) is 0 Å². The summed E-state index contributed by atoms with van der Waals surface area (Å²) in [6, 6.07) is 6.13. The van der Waals surface area contributed by atoms with Crippen molar-refractivity contribution < 1.29 is 4.74 Å². The highest BCUT2D eigenvalue weighted by Crippen LogP contribution is 2.23. The van der Waals surface area contributed by atoms with E-state index in [0.717, 1.165) is 25.3 Å². The third-order valence-electron chi connectivity index (χ3n) is 2.80. The fourth-order valence-corrected chi connectivity index (χ4v) is 1.89. The number of fused-ring (bicyclic) bond motifs is 1. The Bertz CT molecular complexity index is 462. The number of methoxy groups -OCH3 is 1. The molecule has 0 unspecified atom stereocenters. The number of ether oxygens (including phenoxy) is 1. The van der Waals surface area contributed by atoms with Crippen molar-refractivity contribution in [2.75, 3.05) is 20.2 Å². The molecule has 0 saturated carbocycles. The maximum Gasteiger partial charge on any atom is 0.119 e. The van der Waals surface area contributed by atoms with Gasteiger partial charge < -0.3 is 15.0 Å². The number of hydrogen-bond donors (Lipinski definition) is 2. The first kappa shape index (κ1) is 11.0. The monoisotopic (exact) mass is 218 g/mol. The third kappa shape index (κ3) is 2.19. The smallest absolute Gasteiger partial charge is 0.119 e. The average molecular weight is 218 g/mol. The molecule has 0 aliphatic heterocycles. The van der Waals surface area contributed by atoms with Crippen LogP contribution >= 0.6 is 0 Å². The molecule has 0 radical (unpaired) electrons. The van der Waals surface area contributed by atoms with Crippen molar-refractivity contribution in [3.05, 3.63) is 30.0 Å². The van der Waals surface area contributed by atoms with Gasteiger partial charge in [-0.3, -0.25) is 0 Å². The standard InChI is InChI=1S/C13H18N2O/c1-3-14-7-6-10-9-15-13-5-4-11(16-2)8-12(10)13/h4-5,8-9,14-15H,3,6-7H2,1-2H3. The predicted molar refractivity (Wildman–Crippen MR) is 67.1 cm³/mol. The van der Waals surface area contributed by atoms with E-state index < -0.39 is 0 Å². The minimum Gasteiger partial charge on any atom is -0.497 e. The van der Waals surface area contributed by atoms with Gasteiger partial charge in [0.05, 0.1) is 7.11 Å². The Morgan fingerprint density at radius 1 is 1.38 bits per heavy atom. The second-order valence-corrected chi connectivity index (χ2v) is 3.83. The molecule has 0 atom stereocenters. The maximum absolute atomic E-state index is 5.24. The van der Waals surface area contributed by atoms with Crippen LogP contribution in [0.2, 0.25) is 0 Å². The number of nitrogens with one attached hydrogen (secondary N) is 2. The summed E-state index contributed by atoms with van der Waals surface area (Å²) < 4.78 is 5.24. The molecule has 2 N–H and O–H groups in total. The average Bonchev–Trinajstić information content (AvgIpc) is 2.72. The van der Waals surface area contributed by atoms with Crippen molar-refractivity contribution in [1.82, 2.24) is 10.3 Å². The zero-order valence-electron chi connectivity index (χ0n) is 9.84. The van der Waals surface area contributed by atoms with Gasteiger partial charge in [0.25, 0.3) is 0 Å². The van der Waals surface area contributed by atoms with Gasteiger partial charge in [0.15, 0.2) is 0 Å². The van der Waals surface area contributed by atoms with E-state index in [9.17, 15) is 0 Å². The van der Waals surface area contributed by atoms with E-state index in [-0.39, 0.29) is 0 Å². The first-order valence-electron chi connectivity index (χ1n) is 5.70. The normalized spacial score (nSPS) is 10.9. The fourth-order valence-electron chi connectivity index (χ4n) is 1.89. The van der Waals surface area contributed by atoms with E-state index in [1.165, 1.54) is 16.5 Å². The van der Waals surface area contributed by atoms with Crippen molar-refractivity contribution in [2.45, 2.75) is 13.3 Å². The summed E-state index contributed by atoms with van der Waals surface area (Å²) >= 11 is 0. The van der Waals surface area contributed by atoms with Gasteiger partial charge in [0.1, 0.15) is 5.75 Å². The van der Waals surface area contributed by atoms with Gasteiger partial charge in [-0.2, -0.15) is 0 Å². The highest BCUT2D eigenvalue weighted by atomic mass is 16.5. The van der Waals surface area contributed by atoms with E-state index in [1.807, 2.05) is 6.07 Å². The van der Waals surface area contributed by atoms with Crippen LogP contribution in [0.15, 0.2) is 24.4 Å². The summed E-state index contributed by atoms with van der Waals surface area (Å²) in [4.78, 5) is 3.28. The van der Waals surface area contributed by atoms with Gasteiger partial charge in [0, 0.05) is 17.1 Å². The lowest BCUT2D eigenvalue weighted by molar-refractivity contribution is 0.415. The molecule has 1 aromatic heterocycles. The molecule has 1 heterocycles. The Hall–Kier alpha value is -1.48. The van der Waals surface area contributed by atoms with Crippen LogP contribution in [0.3, 0.4) is 0 Å². The molecule has 0 amide bonds. The molecule has 1 aromatic carbocycles. The molecule has 2 aromatic rings. The molecule has 0 spiro atoms. The molecular formula is C13H18N2O. The third-order valence-corrected chi connectivity index (χ3v) is 2.80. The van der Waals surface area contributed by atoms with Crippen LogP contribution in [0.1, 0.15) is 12.5 Å². The first-order valence-corrected chi connectivity index (χ1v) is 5.70. The van der Waals surface area contributed by atoms with Gasteiger partial charge >= 0.3 is 0 Å². The Morgan fingerprint density at radius 2 is 2.25 bits per heavy atom. The summed E-state index contributed by atoms with van der Waals surface area (Å²) in [7, 11) is 1.70. The Labute approximate surface area is 95.8 Å². The van der Waals surface area contributed by atoms with Gasteiger partial charge in [-0.25, -0.2) is 0 Å². The van der Waals surface area contributed by atoms with Gasteiger partial charge in [-0.05, 0) is 43.3 Å². The Morgan fingerprint density at radius 3 is 3.00 bits per heavy atom. The quantitative estimate of drug-likeness (QED) is 0.756. The minimum absolute atomic E-state index is 0.914. The summed E-state index contributed by atoms with van der Waals surface area (Å²) in [6.07, 6.45) is 3.13. The zero-order chi connectivity index (χ0) is 11.4. The summed E-state index contributed by atoms with van der Waals surface area (Å²) in [6.45, 7) is 4.16. The molecule has 86 valence electrons. The van der Waals surface area contributed by atoms with E-state index in [2.05, 4.69) is 35.6 Å². The van der Waals surface area contributed by atoms with Crippen LogP contribution in [-0.4, -0.2) is 25.2 Å². The highest BCUT2D eigenvalue weighted by Gasteiger charge is 2.04. The van der Waals surface area contributed by atoms with Crippen LogP contribution in [0.25, 0.3) is 10.9 Å². The van der Waals surface area contributed by atoms with E-state index in [4.69, 9.17) is 4.74 Å². The molecule has 0 aliphatic rings. The summed E-state index contributed by atoms with van der Waals surface area (Å²) in [5.74, 6) is 0.914. The molecule has 0 aliphatic carbocycles. The molecule has 3 nitrogen and oxygen atoms in total. The van der Waals surface area contributed by atoms with Crippen LogP contribution < -0.4 is 10.1 Å². The first-order chi connectivity index (χ1) is 7.85. The molecule has 16 heavy (non-hydrogen) atoms. The lowest BCUT2D eigenvalue weighted by atomic mass is 10.1. The largest absolute Gasteiger partial charge is 0.497 e.